The molecule has 0 aliphatic carbocycles. The molecule has 1 nitrogen and oxygen atoms in total. The van der Waals surface area contributed by atoms with E-state index in [1.807, 2.05) is 71.9 Å². The Labute approximate surface area is 193 Å². The number of para-hydroxylation sites is 1. The molecule has 3 aromatic rings. The molecular weight excluding hydrogens is 428 g/mol. The summed E-state index contributed by atoms with van der Waals surface area (Å²) >= 11 is 0. The van der Waals surface area contributed by atoms with Crippen molar-refractivity contribution in [2.75, 3.05) is 7.11 Å². The molecule has 0 amide bonds. The lowest BCUT2D eigenvalue weighted by molar-refractivity contribution is 0.416. The molecule has 0 bridgehead atoms. The summed E-state index contributed by atoms with van der Waals surface area (Å²) in [5, 5.41) is 0. The lowest BCUT2D eigenvalue weighted by Gasteiger charge is -2.29. The van der Waals surface area contributed by atoms with Gasteiger partial charge in [0, 0.05) is 11.6 Å². The van der Waals surface area contributed by atoms with E-state index >= 15 is 8.78 Å². The van der Waals surface area contributed by atoms with Gasteiger partial charge in [-0.05, 0) is 51.6 Å². The van der Waals surface area contributed by atoms with Crippen molar-refractivity contribution in [3.05, 3.63) is 76.4 Å². The zero-order valence-corrected chi connectivity index (χ0v) is 20.1. The molecule has 0 aliphatic rings. The minimum atomic E-state index is -1.42. The van der Waals surface area contributed by atoms with Crippen LogP contribution in [0.15, 0.2) is 36.4 Å². The van der Waals surface area contributed by atoms with Crippen LogP contribution in [-0.2, 0) is 0 Å². The van der Waals surface area contributed by atoms with Crippen molar-refractivity contribution < 1.29 is 22.3 Å². The van der Waals surface area contributed by atoms with E-state index in [2.05, 4.69) is 0 Å². The van der Waals surface area contributed by atoms with Crippen LogP contribution in [0.25, 0.3) is 22.3 Å². The van der Waals surface area contributed by atoms with Crippen molar-refractivity contribution in [1.82, 2.24) is 0 Å². The number of ether oxygens (including phenoxy) is 1. The average Bonchev–Trinajstić information content (AvgIpc) is 2.76. The van der Waals surface area contributed by atoms with E-state index in [4.69, 9.17) is 4.74 Å². The molecule has 0 atom stereocenters. The number of halogens is 4. The minimum Gasteiger partial charge on any atom is -0.496 e. The van der Waals surface area contributed by atoms with Gasteiger partial charge in [-0.1, -0.05) is 65.8 Å². The Kier molecular flexibility index (Phi) is 7.20. The molecule has 0 aliphatic heterocycles. The predicted molar refractivity (Wildman–Crippen MR) is 126 cm³/mol. The van der Waals surface area contributed by atoms with E-state index in [9.17, 15) is 8.78 Å². The summed E-state index contributed by atoms with van der Waals surface area (Å²) in [6.07, 6.45) is 0. The van der Waals surface area contributed by atoms with Crippen molar-refractivity contribution in [2.24, 2.45) is 0 Å². The highest BCUT2D eigenvalue weighted by molar-refractivity contribution is 5.87. The quantitative estimate of drug-likeness (QED) is 0.265. The standard InChI is InChI=1S/C28H30F4O/c1-14(2)18-12-19(15(3)4)25(26-27(31)20(29)13-21(30)28(26)32)23(16(5)6)24(18)17-10-8-9-11-22(17)33-7/h8-16H,1-7H3. The Morgan fingerprint density at radius 2 is 1.15 bits per heavy atom. The van der Waals surface area contributed by atoms with Gasteiger partial charge in [0.15, 0.2) is 23.3 Å². The van der Waals surface area contributed by atoms with Crippen molar-refractivity contribution in [1.29, 1.82) is 0 Å². The number of rotatable bonds is 6. The SMILES string of the molecule is COc1ccccc1-c1c(C(C)C)cc(C(C)C)c(-c2c(F)c(F)cc(F)c2F)c1C(C)C. The van der Waals surface area contributed by atoms with Crippen LogP contribution in [0.4, 0.5) is 17.6 Å². The summed E-state index contributed by atoms with van der Waals surface area (Å²) in [4.78, 5) is 0. The fraction of sp³-hybridized carbons (Fsp3) is 0.357. The van der Waals surface area contributed by atoms with E-state index in [0.29, 0.717) is 16.9 Å². The van der Waals surface area contributed by atoms with E-state index in [1.54, 1.807) is 7.11 Å². The Balaban J connectivity index is 2.66. The van der Waals surface area contributed by atoms with Gasteiger partial charge in [0.05, 0.1) is 12.7 Å². The maximum atomic E-state index is 15.1. The van der Waals surface area contributed by atoms with Crippen LogP contribution < -0.4 is 4.74 Å². The predicted octanol–water partition coefficient (Wildman–Crippen LogP) is 8.96. The smallest absolute Gasteiger partial charge is 0.169 e. The monoisotopic (exact) mass is 458 g/mol. The zero-order valence-electron chi connectivity index (χ0n) is 20.1. The molecule has 0 aromatic heterocycles. The molecule has 3 rings (SSSR count). The molecule has 0 unspecified atom stereocenters. The van der Waals surface area contributed by atoms with Gasteiger partial charge in [0.25, 0.3) is 0 Å². The minimum absolute atomic E-state index is 0.0768. The summed E-state index contributed by atoms with van der Waals surface area (Å²) in [6.45, 7) is 11.7. The molecule has 0 saturated carbocycles. The van der Waals surface area contributed by atoms with Gasteiger partial charge in [-0.3, -0.25) is 0 Å². The van der Waals surface area contributed by atoms with Gasteiger partial charge in [0.1, 0.15) is 5.75 Å². The van der Waals surface area contributed by atoms with Crippen LogP contribution in [0.5, 0.6) is 5.75 Å². The first kappa shape index (κ1) is 24.8. The lowest BCUT2D eigenvalue weighted by atomic mass is 9.76. The van der Waals surface area contributed by atoms with Gasteiger partial charge < -0.3 is 4.74 Å². The second-order valence-electron chi connectivity index (χ2n) is 9.23. The molecule has 0 spiro atoms. The van der Waals surface area contributed by atoms with Crippen molar-refractivity contribution >= 4 is 0 Å². The van der Waals surface area contributed by atoms with Crippen molar-refractivity contribution in [3.63, 3.8) is 0 Å². The van der Waals surface area contributed by atoms with Gasteiger partial charge in [-0.25, -0.2) is 17.6 Å². The number of hydrogen-bond donors (Lipinski definition) is 0. The zero-order chi connectivity index (χ0) is 24.6. The Morgan fingerprint density at radius 3 is 1.64 bits per heavy atom. The Bertz CT molecular complexity index is 1150. The maximum Gasteiger partial charge on any atom is 0.169 e. The molecule has 0 N–H and O–H groups in total. The third-order valence-electron chi connectivity index (χ3n) is 5.99. The Morgan fingerprint density at radius 1 is 0.636 bits per heavy atom. The molecule has 3 aromatic carbocycles. The van der Waals surface area contributed by atoms with Crippen LogP contribution in [-0.4, -0.2) is 7.11 Å². The highest BCUT2D eigenvalue weighted by Crippen LogP contribution is 2.49. The maximum absolute atomic E-state index is 15.1. The van der Waals surface area contributed by atoms with E-state index in [1.165, 1.54) is 0 Å². The molecule has 0 saturated heterocycles. The van der Waals surface area contributed by atoms with Crippen molar-refractivity contribution in [2.45, 2.75) is 59.3 Å². The molecule has 5 heteroatoms. The first-order valence-electron chi connectivity index (χ1n) is 11.2. The van der Waals surface area contributed by atoms with E-state index in [-0.39, 0.29) is 29.4 Å². The fourth-order valence-corrected chi connectivity index (χ4v) is 4.46. The normalized spacial score (nSPS) is 11.7. The summed E-state index contributed by atoms with van der Waals surface area (Å²) in [6, 6.07) is 9.59. The largest absolute Gasteiger partial charge is 0.496 e. The first-order valence-corrected chi connectivity index (χ1v) is 11.2. The van der Waals surface area contributed by atoms with E-state index < -0.39 is 28.8 Å². The van der Waals surface area contributed by atoms with Gasteiger partial charge in [-0.15, -0.1) is 0 Å². The fourth-order valence-electron chi connectivity index (χ4n) is 4.46. The first-order chi connectivity index (χ1) is 15.5. The highest BCUT2D eigenvalue weighted by atomic mass is 19.2. The summed E-state index contributed by atoms with van der Waals surface area (Å²) < 4.78 is 64.5. The lowest BCUT2D eigenvalue weighted by Crippen LogP contribution is -2.11. The van der Waals surface area contributed by atoms with Crippen molar-refractivity contribution in [3.8, 4) is 28.0 Å². The Hall–Kier alpha value is -2.82. The van der Waals surface area contributed by atoms with Crippen LogP contribution in [0.2, 0.25) is 0 Å². The summed E-state index contributed by atoms with van der Waals surface area (Å²) in [5.74, 6) is -5.28. The second-order valence-corrected chi connectivity index (χ2v) is 9.23. The average molecular weight is 459 g/mol. The highest BCUT2D eigenvalue weighted by Gasteiger charge is 2.31. The number of benzene rings is 3. The third kappa shape index (κ3) is 4.38. The van der Waals surface area contributed by atoms with Gasteiger partial charge in [0.2, 0.25) is 0 Å². The molecule has 0 fully saturated rings. The summed E-state index contributed by atoms with van der Waals surface area (Å²) in [7, 11) is 1.56. The van der Waals surface area contributed by atoms with Gasteiger partial charge >= 0.3 is 0 Å². The molecule has 33 heavy (non-hydrogen) atoms. The van der Waals surface area contributed by atoms with Crippen LogP contribution >= 0.6 is 0 Å². The van der Waals surface area contributed by atoms with Crippen LogP contribution in [0.3, 0.4) is 0 Å². The molecule has 176 valence electrons. The summed E-state index contributed by atoms with van der Waals surface area (Å²) in [5.41, 5.74) is 3.35. The number of methoxy groups -OCH3 is 1. The molecular formula is C28H30F4O. The van der Waals surface area contributed by atoms with E-state index in [0.717, 1.165) is 16.7 Å². The third-order valence-corrected chi connectivity index (χ3v) is 5.99. The topological polar surface area (TPSA) is 9.23 Å². The number of hydrogen-bond acceptors (Lipinski definition) is 1. The van der Waals surface area contributed by atoms with Gasteiger partial charge in [-0.2, -0.15) is 0 Å². The van der Waals surface area contributed by atoms with Crippen LogP contribution in [0.1, 0.15) is 76.0 Å². The molecule has 0 radical (unpaired) electrons. The van der Waals surface area contributed by atoms with Crippen LogP contribution in [0, 0.1) is 23.3 Å². The second kappa shape index (κ2) is 9.58. The molecule has 0 heterocycles.